The van der Waals surface area contributed by atoms with Gasteiger partial charge in [-0.05, 0) is 44.7 Å². The van der Waals surface area contributed by atoms with Crippen LogP contribution in [0.1, 0.15) is 82.7 Å². The number of aromatic hydroxyl groups is 1. The zero-order valence-electron chi connectivity index (χ0n) is 38.1. The molecule has 1 saturated heterocycles. The summed E-state index contributed by atoms with van der Waals surface area (Å²) in [6.07, 6.45) is 3.12. The Morgan fingerprint density at radius 3 is 2.33 bits per heavy atom. The fourth-order valence-electron chi connectivity index (χ4n) is 8.52. The van der Waals surface area contributed by atoms with Crippen LogP contribution in [0.4, 0.5) is 4.79 Å². The van der Waals surface area contributed by atoms with Crippen LogP contribution < -0.4 is 26.8 Å². The molecule has 0 unspecified atom stereocenters. The van der Waals surface area contributed by atoms with Crippen LogP contribution in [0.25, 0.3) is 0 Å². The molecule has 18 heteroatoms. The number of phenols is 1. The number of alkyl carbamates (subject to hydrolysis) is 1. The van der Waals surface area contributed by atoms with Crippen LogP contribution >= 0.6 is 0 Å². The number of nitrogens with one attached hydrogen (secondary N) is 2. The average molecular weight is 916 g/mol. The number of nitrogens with two attached hydrogens (primary N) is 2. The number of carbonyl (C=O) groups excluding carboxylic acids is 5. The van der Waals surface area contributed by atoms with Gasteiger partial charge in [0.05, 0.1) is 66.6 Å². The van der Waals surface area contributed by atoms with Crippen molar-refractivity contribution in [3.05, 3.63) is 106 Å². The molecule has 66 heavy (non-hydrogen) atoms. The molecular formula is C48H61N5O13. The monoisotopic (exact) mass is 915 g/mol. The van der Waals surface area contributed by atoms with E-state index >= 15 is 0 Å². The molecule has 2 amide bonds. The Bertz CT molecular complexity index is 2310. The Morgan fingerprint density at radius 2 is 1.65 bits per heavy atom. The van der Waals surface area contributed by atoms with Gasteiger partial charge < -0.3 is 66.0 Å². The number of aryl methyl sites for hydroxylation is 1. The van der Waals surface area contributed by atoms with Crippen LogP contribution in [-0.4, -0.2) is 132 Å². The van der Waals surface area contributed by atoms with Crippen molar-refractivity contribution in [2.24, 2.45) is 23.3 Å². The maximum Gasteiger partial charge on any atom is 0.407 e. The molecule has 1 aliphatic carbocycles. The molecular weight excluding hydrogens is 855 g/mol. The van der Waals surface area contributed by atoms with E-state index in [9.17, 15) is 39.3 Å². The Labute approximate surface area is 383 Å². The zero-order chi connectivity index (χ0) is 48.0. The van der Waals surface area contributed by atoms with E-state index in [4.69, 9.17) is 35.2 Å². The molecule has 0 spiro atoms. The fraction of sp³-hybridized carbons (Fsp3) is 0.479. The smallest absolute Gasteiger partial charge is 0.407 e. The van der Waals surface area contributed by atoms with E-state index in [1.165, 1.54) is 51.7 Å². The fourth-order valence-corrected chi connectivity index (χ4v) is 8.52. The molecule has 2 aromatic rings. The highest BCUT2D eigenvalue weighted by molar-refractivity contribution is 6.32. The minimum absolute atomic E-state index is 0.0262. The third-order valence-electron chi connectivity index (χ3n) is 12.6. The summed E-state index contributed by atoms with van der Waals surface area (Å²) < 4.78 is 29.3. The van der Waals surface area contributed by atoms with E-state index in [2.05, 4.69) is 10.6 Å². The Kier molecular flexibility index (Phi) is 15.9. The van der Waals surface area contributed by atoms with Crippen molar-refractivity contribution in [1.82, 2.24) is 15.5 Å². The molecule has 1 fully saturated rings. The van der Waals surface area contributed by atoms with Crippen molar-refractivity contribution in [1.29, 1.82) is 0 Å². The van der Waals surface area contributed by atoms with E-state index in [0.717, 1.165) is 19.1 Å². The molecule has 4 heterocycles. The molecule has 18 nitrogen and oxygen atoms in total. The summed E-state index contributed by atoms with van der Waals surface area (Å²) in [6.45, 7) is 8.49. The number of amides is 2. The predicted octanol–water partition coefficient (Wildman–Crippen LogP) is 2.86. The molecule has 356 valence electrons. The highest BCUT2D eigenvalue weighted by Crippen LogP contribution is 2.49. The summed E-state index contributed by atoms with van der Waals surface area (Å²) in [6, 6.07) is 7.18. The van der Waals surface area contributed by atoms with Crippen molar-refractivity contribution in [2.45, 2.75) is 96.2 Å². The number of morpholine rings is 1. The number of hydrogen-bond donors (Lipinski definition) is 7. The van der Waals surface area contributed by atoms with Gasteiger partial charge in [0.1, 0.15) is 29.0 Å². The highest BCUT2D eigenvalue weighted by Gasteiger charge is 2.53. The van der Waals surface area contributed by atoms with Gasteiger partial charge in [-0.1, -0.05) is 62.4 Å². The predicted molar refractivity (Wildman–Crippen MR) is 240 cm³/mol. The first kappa shape index (κ1) is 49.5. The van der Waals surface area contributed by atoms with Crippen LogP contribution in [0.15, 0.2) is 77.9 Å². The average Bonchev–Trinajstić information content (AvgIpc) is 3.57. The lowest BCUT2D eigenvalue weighted by Crippen LogP contribution is -2.61. The third kappa shape index (κ3) is 10.2. The second kappa shape index (κ2) is 21.2. The van der Waals surface area contributed by atoms with Crippen molar-refractivity contribution >= 4 is 29.4 Å². The molecule has 2 aromatic carbocycles. The topological polar surface area (TPSA) is 272 Å². The van der Waals surface area contributed by atoms with E-state index in [0.29, 0.717) is 6.42 Å². The summed E-state index contributed by atoms with van der Waals surface area (Å²) in [7, 11) is 1.37. The largest absolute Gasteiger partial charge is 0.507 e. The number of ether oxygens (including phenoxy) is 5. The third-order valence-corrected chi connectivity index (χ3v) is 12.6. The van der Waals surface area contributed by atoms with Crippen LogP contribution in [0, 0.1) is 18.8 Å². The molecule has 9 atom stereocenters. The molecule has 0 saturated carbocycles. The van der Waals surface area contributed by atoms with Gasteiger partial charge in [0.15, 0.2) is 0 Å². The van der Waals surface area contributed by atoms with Gasteiger partial charge in [-0.2, -0.15) is 0 Å². The van der Waals surface area contributed by atoms with Gasteiger partial charge in [0.25, 0.3) is 11.7 Å². The second-order valence-corrected chi connectivity index (χ2v) is 17.2. The van der Waals surface area contributed by atoms with Gasteiger partial charge in [-0.15, -0.1) is 0 Å². The summed E-state index contributed by atoms with van der Waals surface area (Å²) in [5.74, 6) is -7.82. The van der Waals surface area contributed by atoms with Crippen LogP contribution in [0.2, 0.25) is 0 Å². The van der Waals surface area contributed by atoms with E-state index < -0.39 is 106 Å². The number of ketones is 3. The number of unbranched alkanes of at least 4 members (excludes halogenated alkanes) is 1. The minimum Gasteiger partial charge on any atom is -0.507 e. The number of rotatable bonds is 8. The van der Waals surface area contributed by atoms with Crippen LogP contribution in [-0.2, 0) is 30.2 Å². The number of methoxy groups -OCH3 is 1. The lowest BCUT2D eigenvalue weighted by atomic mass is 9.82. The number of hydrogen-bond acceptors (Lipinski definition) is 16. The number of aliphatic hydroxyl groups excluding tert-OH is 2. The maximum absolute atomic E-state index is 14.8. The first-order valence-corrected chi connectivity index (χ1v) is 22.1. The summed E-state index contributed by atoms with van der Waals surface area (Å²) in [5, 5.41) is 39.8. The van der Waals surface area contributed by atoms with Crippen LogP contribution in [0.3, 0.4) is 0 Å². The molecule has 7 rings (SSSR count). The number of nitrogens with zero attached hydrogens (tertiary/aromatic N) is 1. The number of phenolic OH excluding ortho intramolecular Hbond substituents is 1. The number of benzene rings is 2. The first-order chi connectivity index (χ1) is 31.4. The van der Waals surface area contributed by atoms with Crippen molar-refractivity contribution in [3.63, 3.8) is 0 Å². The van der Waals surface area contributed by atoms with Gasteiger partial charge >= 0.3 is 11.9 Å². The summed E-state index contributed by atoms with van der Waals surface area (Å²) >= 11 is 0. The molecule has 9 N–H and O–H groups in total. The summed E-state index contributed by atoms with van der Waals surface area (Å²) in [5.41, 5.74) is 12.6. The molecule has 0 aromatic heterocycles. The van der Waals surface area contributed by atoms with Gasteiger partial charge in [0.2, 0.25) is 11.6 Å². The maximum atomic E-state index is 14.8. The van der Waals surface area contributed by atoms with Gasteiger partial charge in [-0.25, -0.2) is 4.79 Å². The van der Waals surface area contributed by atoms with Crippen molar-refractivity contribution < 1.29 is 63.0 Å². The second-order valence-electron chi connectivity index (χ2n) is 17.2. The Hall–Kier alpha value is -5.89. The number of aliphatic hydroxyl groups is 2. The number of carbonyl (C=O) groups is 5. The molecule has 0 radical (unpaired) electrons. The van der Waals surface area contributed by atoms with Crippen molar-refractivity contribution in [2.75, 3.05) is 40.0 Å². The first-order valence-electron chi connectivity index (χ1n) is 22.1. The zero-order valence-corrected chi connectivity index (χ0v) is 38.1. The van der Waals surface area contributed by atoms with Gasteiger partial charge in [0, 0.05) is 56.6 Å². The lowest BCUT2D eigenvalue weighted by Gasteiger charge is -2.37. The molecule has 5 aliphatic rings. The standard InChI is InChI=1S/C48H61N5O13/c1-25-13-12-14-26(2)46(60)52-36-37(53-20-23-63-24-21-53)41(57)31-32(40(36)56)39(55)28(4)43-33(31)45(59)48(5,66-43)64-22-18-30(62-6)27(3)44(35(50)42(58)34(49)38(25)54)65-47(61)51-19-11-10-17-29-15-8-7-9-16-29/h7-9,12-16,18,22,25,27,30,34-35,38,42,44,54-55,58H,10-11,17,19-21,23-24,49-50H2,1-6H3,(H,51,61)(H,52,60)/b13-12+,22-18?,26-14-/t25-,27+,30-,34+,35+,38-,42+,44+,48-/m0/s1. The Morgan fingerprint density at radius 1 is 0.955 bits per heavy atom. The van der Waals surface area contributed by atoms with E-state index in [1.807, 2.05) is 30.3 Å². The summed E-state index contributed by atoms with van der Waals surface area (Å²) in [4.78, 5) is 72.4. The molecule has 5 bridgehead atoms. The number of Topliss-reactive ketones (excluding diaryl/α,β-unsaturated/α-hetero) is 3. The SMILES string of the molecule is CO[C@H]1C=CO[C@@]2(C)Oc3c(C)c(O)c4c(c3C2=O)C(=O)C(N2CCOCC2)=C(NC(=O)/C(C)=C\C=C\[C@H](C)[C@H](O)[C@@H](N)[C@@H](O)[C@@H](N)[C@H](OC(=O)NCCCCc2ccccc2)[C@@H]1C)C4=O. The number of fused-ring (bicyclic) bond motifs is 14. The Balaban J connectivity index is 1.36. The van der Waals surface area contributed by atoms with Crippen LogP contribution in [0.5, 0.6) is 11.5 Å². The minimum atomic E-state index is -2.14. The molecule has 4 aliphatic heterocycles. The highest BCUT2D eigenvalue weighted by atomic mass is 16.7. The lowest BCUT2D eigenvalue weighted by molar-refractivity contribution is -0.116. The van der Waals surface area contributed by atoms with E-state index in [1.54, 1.807) is 24.8 Å². The van der Waals surface area contributed by atoms with E-state index in [-0.39, 0.29) is 61.0 Å². The quantitative estimate of drug-likeness (QED) is 0.188. The van der Waals surface area contributed by atoms with Gasteiger partial charge in [-0.3, -0.25) is 19.2 Å². The number of allylic oxidation sites excluding steroid dienone is 4. The normalized spacial score (nSPS) is 30.0. The van der Waals surface area contributed by atoms with Crippen molar-refractivity contribution in [3.8, 4) is 11.5 Å².